The van der Waals surface area contributed by atoms with Gasteiger partial charge >= 0.3 is 0 Å². The first kappa shape index (κ1) is 10.5. The molecule has 0 bridgehead atoms. The molecule has 1 aliphatic rings. The summed E-state index contributed by atoms with van der Waals surface area (Å²) in [5, 5.41) is 2.97. The van der Waals surface area contributed by atoms with E-state index in [2.05, 4.69) is 17.3 Å². The molecule has 1 atom stereocenters. The number of carbonyl (C=O) groups excluding carboxylic acids is 1. The Labute approximate surface area is 79.9 Å². The number of rotatable bonds is 2. The van der Waals surface area contributed by atoms with Gasteiger partial charge in [-0.25, -0.2) is 0 Å². The minimum absolute atomic E-state index is 0.0524. The van der Waals surface area contributed by atoms with Gasteiger partial charge in [-0.05, 0) is 21.0 Å². The minimum atomic E-state index is -0.0524. The van der Waals surface area contributed by atoms with Crippen LogP contribution in [-0.2, 0) is 4.79 Å². The first-order chi connectivity index (χ1) is 6.15. The Bertz CT molecular complexity index is 176. The second kappa shape index (κ2) is 4.58. The standard InChI is InChI=1S/C9H19N3O/c1-8(10-2)9(13)12-6-4-11(3)5-7-12/h8,10H,4-7H2,1-3H3/t8-/m0/s1. The first-order valence-electron chi connectivity index (χ1n) is 4.79. The third kappa shape index (κ3) is 2.67. The highest BCUT2D eigenvalue weighted by molar-refractivity contribution is 5.81. The summed E-state index contributed by atoms with van der Waals surface area (Å²) in [6, 6.07) is -0.0524. The number of amides is 1. The van der Waals surface area contributed by atoms with Crippen molar-refractivity contribution in [2.24, 2.45) is 0 Å². The van der Waals surface area contributed by atoms with E-state index in [1.54, 1.807) is 0 Å². The molecule has 1 fully saturated rings. The molecule has 0 unspecified atom stereocenters. The van der Waals surface area contributed by atoms with E-state index < -0.39 is 0 Å². The molecule has 1 amide bonds. The Balaban J connectivity index is 2.40. The quantitative estimate of drug-likeness (QED) is 0.622. The average Bonchev–Trinajstić information content (AvgIpc) is 2.17. The molecule has 0 aliphatic carbocycles. The Kier molecular flexibility index (Phi) is 3.69. The lowest BCUT2D eigenvalue weighted by Gasteiger charge is -2.33. The molecule has 13 heavy (non-hydrogen) atoms. The van der Waals surface area contributed by atoms with E-state index in [9.17, 15) is 4.79 Å². The SMILES string of the molecule is CN[C@@H](C)C(=O)N1CCN(C)CC1. The Morgan fingerprint density at radius 2 is 1.85 bits per heavy atom. The van der Waals surface area contributed by atoms with E-state index in [1.807, 2.05) is 18.9 Å². The van der Waals surface area contributed by atoms with Gasteiger partial charge in [0.2, 0.25) is 5.91 Å². The number of hydrogen-bond donors (Lipinski definition) is 1. The number of piperazine rings is 1. The van der Waals surface area contributed by atoms with Crippen LogP contribution in [-0.4, -0.2) is 62.0 Å². The molecule has 0 aromatic rings. The highest BCUT2D eigenvalue weighted by atomic mass is 16.2. The highest BCUT2D eigenvalue weighted by Gasteiger charge is 2.22. The summed E-state index contributed by atoms with van der Waals surface area (Å²) in [6.07, 6.45) is 0. The van der Waals surface area contributed by atoms with E-state index in [0.29, 0.717) is 0 Å². The Hall–Kier alpha value is -0.610. The predicted molar refractivity (Wildman–Crippen MR) is 52.6 cm³/mol. The number of hydrogen-bond acceptors (Lipinski definition) is 3. The average molecular weight is 185 g/mol. The molecule has 0 radical (unpaired) electrons. The maximum atomic E-state index is 11.7. The van der Waals surface area contributed by atoms with Crippen LogP contribution < -0.4 is 5.32 Å². The molecule has 0 aromatic heterocycles. The van der Waals surface area contributed by atoms with Crippen molar-refractivity contribution in [2.75, 3.05) is 40.3 Å². The second-order valence-electron chi connectivity index (χ2n) is 3.64. The molecule has 0 spiro atoms. The van der Waals surface area contributed by atoms with Crippen molar-refractivity contribution in [1.29, 1.82) is 0 Å². The van der Waals surface area contributed by atoms with Gasteiger partial charge in [0.15, 0.2) is 0 Å². The summed E-state index contributed by atoms with van der Waals surface area (Å²) in [6.45, 7) is 5.60. The molecule has 1 saturated heterocycles. The molecule has 1 rings (SSSR count). The van der Waals surface area contributed by atoms with Crippen molar-refractivity contribution in [3.8, 4) is 0 Å². The third-order valence-corrected chi connectivity index (χ3v) is 2.62. The molecule has 1 heterocycles. The number of likely N-dealkylation sites (N-methyl/N-ethyl adjacent to an activating group) is 2. The number of nitrogens with zero attached hydrogens (tertiary/aromatic N) is 2. The van der Waals surface area contributed by atoms with Gasteiger partial charge in [0, 0.05) is 26.2 Å². The summed E-state index contributed by atoms with van der Waals surface area (Å²) in [7, 11) is 3.90. The zero-order chi connectivity index (χ0) is 9.84. The minimum Gasteiger partial charge on any atom is -0.339 e. The molecular weight excluding hydrogens is 166 g/mol. The Morgan fingerprint density at radius 3 is 2.31 bits per heavy atom. The lowest BCUT2D eigenvalue weighted by atomic mass is 10.2. The molecule has 76 valence electrons. The van der Waals surface area contributed by atoms with Gasteiger partial charge in [-0.3, -0.25) is 4.79 Å². The zero-order valence-corrected chi connectivity index (χ0v) is 8.71. The van der Waals surface area contributed by atoms with Crippen LogP contribution in [0, 0.1) is 0 Å². The van der Waals surface area contributed by atoms with Crippen LogP contribution >= 0.6 is 0 Å². The zero-order valence-electron chi connectivity index (χ0n) is 8.71. The summed E-state index contributed by atoms with van der Waals surface area (Å²) in [5.74, 6) is 0.218. The lowest BCUT2D eigenvalue weighted by Crippen LogP contribution is -2.52. The topological polar surface area (TPSA) is 35.6 Å². The molecule has 1 N–H and O–H groups in total. The fourth-order valence-corrected chi connectivity index (χ4v) is 1.42. The van der Waals surface area contributed by atoms with Gasteiger partial charge in [-0.2, -0.15) is 0 Å². The fourth-order valence-electron chi connectivity index (χ4n) is 1.42. The van der Waals surface area contributed by atoms with Gasteiger partial charge in [0.05, 0.1) is 6.04 Å². The van der Waals surface area contributed by atoms with Crippen LogP contribution in [0.25, 0.3) is 0 Å². The van der Waals surface area contributed by atoms with Crippen molar-refractivity contribution in [1.82, 2.24) is 15.1 Å². The largest absolute Gasteiger partial charge is 0.339 e. The second-order valence-corrected chi connectivity index (χ2v) is 3.64. The van der Waals surface area contributed by atoms with Crippen molar-refractivity contribution >= 4 is 5.91 Å². The van der Waals surface area contributed by atoms with Crippen LogP contribution in [0.15, 0.2) is 0 Å². The van der Waals surface area contributed by atoms with Crippen molar-refractivity contribution in [3.63, 3.8) is 0 Å². The van der Waals surface area contributed by atoms with E-state index >= 15 is 0 Å². The summed E-state index contributed by atoms with van der Waals surface area (Å²) in [5.41, 5.74) is 0. The number of nitrogens with one attached hydrogen (secondary N) is 1. The van der Waals surface area contributed by atoms with Crippen LogP contribution in [0.2, 0.25) is 0 Å². The van der Waals surface area contributed by atoms with Crippen LogP contribution in [0.3, 0.4) is 0 Å². The van der Waals surface area contributed by atoms with Gasteiger partial charge < -0.3 is 15.1 Å². The highest BCUT2D eigenvalue weighted by Crippen LogP contribution is 2.01. The molecule has 1 aliphatic heterocycles. The molecule has 4 heteroatoms. The van der Waals surface area contributed by atoms with Gasteiger partial charge in [-0.1, -0.05) is 0 Å². The summed E-state index contributed by atoms with van der Waals surface area (Å²) >= 11 is 0. The van der Waals surface area contributed by atoms with E-state index in [4.69, 9.17) is 0 Å². The predicted octanol–water partition coefficient (Wildman–Crippen LogP) is -0.632. The smallest absolute Gasteiger partial charge is 0.239 e. The van der Waals surface area contributed by atoms with Gasteiger partial charge in [0.1, 0.15) is 0 Å². The molecule has 4 nitrogen and oxygen atoms in total. The van der Waals surface area contributed by atoms with Crippen LogP contribution in [0.4, 0.5) is 0 Å². The summed E-state index contributed by atoms with van der Waals surface area (Å²) in [4.78, 5) is 15.9. The van der Waals surface area contributed by atoms with Crippen molar-refractivity contribution in [3.05, 3.63) is 0 Å². The maximum absolute atomic E-state index is 11.7. The lowest BCUT2D eigenvalue weighted by molar-refractivity contribution is -0.134. The maximum Gasteiger partial charge on any atom is 0.239 e. The third-order valence-electron chi connectivity index (χ3n) is 2.62. The van der Waals surface area contributed by atoms with Crippen LogP contribution in [0.5, 0.6) is 0 Å². The molecular formula is C9H19N3O. The van der Waals surface area contributed by atoms with E-state index in [0.717, 1.165) is 26.2 Å². The van der Waals surface area contributed by atoms with E-state index in [1.165, 1.54) is 0 Å². The van der Waals surface area contributed by atoms with Crippen LogP contribution in [0.1, 0.15) is 6.92 Å². The molecule has 0 aromatic carbocycles. The fraction of sp³-hybridized carbons (Fsp3) is 0.889. The first-order valence-corrected chi connectivity index (χ1v) is 4.79. The van der Waals surface area contributed by atoms with Crippen molar-refractivity contribution in [2.45, 2.75) is 13.0 Å². The summed E-state index contributed by atoms with van der Waals surface area (Å²) < 4.78 is 0. The van der Waals surface area contributed by atoms with E-state index in [-0.39, 0.29) is 11.9 Å². The van der Waals surface area contributed by atoms with Gasteiger partial charge in [0.25, 0.3) is 0 Å². The Morgan fingerprint density at radius 1 is 1.31 bits per heavy atom. The number of carbonyl (C=O) groups is 1. The molecule has 0 saturated carbocycles. The monoisotopic (exact) mass is 185 g/mol. The van der Waals surface area contributed by atoms with Gasteiger partial charge in [-0.15, -0.1) is 0 Å². The normalized spacial score (nSPS) is 21.6. The van der Waals surface area contributed by atoms with Crippen molar-refractivity contribution < 1.29 is 4.79 Å².